The standard InChI is InChI=1S/C74H136N2O27/c1-5-7-9-11-13-15-17-19-20-21-22-23-24-25-26-28-30-32-34-36-38-40-54(83)76-48(49(82)39-37-35-33-31-29-27-18-16-14-12-10-8-6-2)45-94-71-64(92)61(89)66(52(43-79)99-71)100-74-65(93)69(58(86)51(42-78)97-74)103-70-55(75-47(4)81)68(102-72-62(90)59(87)56(84)46(3)95-72)67(53(44-80)98-70)101-73-63(91)60(88)57(85)50(41-77)96-73/h37,39,46,48-53,55-74,77-80,82,84-93H,5-36,38,40-45H2,1-4H3,(H,75,81)(H,76,83)/b39-37+/t46?,48-,49+,50?,51?,52?,53?,55?,56+,57-,58-,59?,60-,61+,62-,63?,64?,65?,66+,67+,68+,69-,70-,71+,72+,73-,74-/m0/s1. The Hall–Kier alpha value is -2.32. The van der Waals surface area contributed by atoms with Crippen LogP contribution in [0, 0.1) is 0 Å². The topological polar surface area (TPSA) is 454 Å². The number of ether oxygens (including phenoxy) is 10. The van der Waals surface area contributed by atoms with Crippen LogP contribution < -0.4 is 10.6 Å². The SMILES string of the molecule is CCCCCCCCCCCCC/C=C/[C@@H](O)[C@H](CO[C@@H]1OC(CO)[C@@H](O[C@@H]2OC(CO)[C@H](O)[C@H](O[C@@H]3OC(CO)[C@@H](O[C@@H]4OC(CO)[C@H](O)[C@H](O)C4O)[C@H](O[C@H]4OC(C)[C@@H](O)C(O)[C@@H]4O)C3NC(C)=O)C2O)[C@H](O)C1O)NC(=O)CCCCCCCCCCCCCCCCCCCCCCC. The summed E-state index contributed by atoms with van der Waals surface area (Å²) in [5, 5.41) is 171. The van der Waals surface area contributed by atoms with E-state index in [-0.39, 0.29) is 12.3 Å². The number of aliphatic hydroxyl groups excluding tert-OH is 15. The average Bonchev–Trinajstić information content (AvgIpc) is 0.765. The van der Waals surface area contributed by atoms with E-state index in [1.807, 2.05) is 6.08 Å². The van der Waals surface area contributed by atoms with Crippen molar-refractivity contribution in [1.82, 2.24) is 10.6 Å². The molecule has 29 heteroatoms. The van der Waals surface area contributed by atoms with Crippen LogP contribution in [0.15, 0.2) is 12.2 Å². The first kappa shape index (κ1) is 91.3. The second-order valence-corrected chi connectivity index (χ2v) is 29.2. The first-order valence-electron chi connectivity index (χ1n) is 39.3. The van der Waals surface area contributed by atoms with Crippen molar-refractivity contribution in [3.8, 4) is 0 Å². The number of rotatable bonds is 53. The van der Waals surface area contributed by atoms with Crippen molar-refractivity contribution in [2.45, 2.75) is 412 Å². The molecule has 0 spiro atoms. The molecule has 0 aromatic rings. The van der Waals surface area contributed by atoms with Gasteiger partial charge in [-0.3, -0.25) is 9.59 Å². The summed E-state index contributed by atoms with van der Waals surface area (Å²) in [5.41, 5.74) is 0. The fourth-order valence-corrected chi connectivity index (χ4v) is 14.2. The van der Waals surface area contributed by atoms with Crippen LogP contribution in [0.3, 0.4) is 0 Å². The second kappa shape index (κ2) is 51.2. The molecule has 27 atom stereocenters. The Morgan fingerprint density at radius 3 is 1.26 bits per heavy atom. The first-order chi connectivity index (χ1) is 49.7. The number of unbranched alkanes of at least 4 members (excludes halogenated alkanes) is 31. The van der Waals surface area contributed by atoms with Gasteiger partial charge in [-0.1, -0.05) is 219 Å². The van der Waals surface area contributed by atoms with Gasteiger partial charge in [0, 0.05) is 13.3 Å². The quantitative estimate of drug-likeness (QED) is 0.0307. The number of hydrogen-bond acceptors (Lipinski definition) is 27. The summed E-state index contributed by atoms with van der Waals surface area (Å²) in [6.45, 7) is 2.60. The third-order valence-electron chi connectivity index (χ3n) is 20.7. The van der Waals surface area contributed by atoms with Crippen molar-refractivity contribution < 1.29 is 134 Å². The minimum absolute atomic E-state index is 0.191. The van der Waals surface area contributed by atoms with Gasteiger partial charge in [-0.2, -0.15) is 0 Å². The molecular formula is C74H136N2O27. The van der Waals surface area contributed by atoms with Crippen LogP contribution in [0.2, 0.25) is 0 Å². The predicted octanol–water partition coefficient (Wildman–Crippen LogP) is 2.98. The van der Waals surface area contributed by atoms with Gasteiger partial charge in [-0.25, -0.2) is 0 Å². The van der Waals surface area contributed by atoms with Crippen molar-refractivity contribution in [2.24, 2.45) is 0 Å². The normalized spacial score (nSPS) is 35.0. The van der Waals surface area contributed by atoms with E-state index in [9.17, 15) is 86.2 Å². The Labute approximate surface area is 610 Å². The summed E-state index contributed by atoms with van der Waals surface area (Å²) in [6.07, 6.45) is -2.33. The minimum Gasteiger partial charge on any atom is -0.394 e. The van der Waals surface area contributed by atoms with Crippen molar-refractivity contribution >= 4 is 11.8 Å². The van der Waals surface area contributed by atoms with E-state index >= 15 is 0 Å². The lowest BCUT2D eigenvalue weighted by atomic mass is 9.93. The van der Waals surface area contributed by atoms with Gasteiger partial charge in [-0.15, -0.1) is 0 Å². The zero-order valence-corrected chi connectivity index (χ0v) is 61.9. The van der Waals surface area contributed by atoms with Crippen LogP contribution in [0.1, 0.15) is 246 Å². The summed E-state index contributed by atoms with van der Waals surface area (Å²) in [6, 6.07) is -2.83. The highest BCUT2D eigenvalue weighted by atomic mass is 16.8. The van der Waals surface area contributed by atoms with Gasteiger partial charge in [0.15, 0.2) is 31.5 Å². The van der Waals surface area contributed by atoms with Gasteiger partial charge in [0.25, 0.3) is 0 Å². The Kier molecular flexibility index (Phi) is 45.4. The lowest BCUT2D eigenvalue weighted by Crippen LogP contribution is -2.71. The van der Waals surface area contributed by atoms with Crippen LogP contribution in [-0.4, -0.2) is 287 Å². The van der Waals surface area contributed by atoms with Gasteiger partial charge >= 0.3 is 0 Å². The van der Waals surface area contributed by atoms with E-state index in [4.69, 9.17) is 47.4 Å². The maximum atomic E-state index is 13.6. The molecule has 103 heavy (non-hydrogen) atoms. The Morgan fingerprint density at radius 2 is 0.777 bits per heavy atom. The molecular weight excluding hydrogens is 1350 g/mol. The van der Waals surface area contributed by atoms with Crippen LogP contribution in [0.4, 0.5) is 0 Å². The zero-order chi connectivity index (χ0) is 75.2. The molecule has 5 aliphatic heterocycles. The molecule has 0 saturated carbocycles. The van der Waals surface area contributed by atoms with E-state index in [1.54, 1.807) is 6.08 Å². The highest BCUT2D eigenvalue weighted by molar-refractivity contribution is 5.76. The molecule has 0 bridgehead atoms. The number of hydrogen-bond donors (Lipinski definition) is 17. The number of nitrogens with one attached hydrogen (secondary N) is 2. The maximum Gasteiger partial charge on any atom is 0.220 e. The number of carbonyl (C=O) groups excluding carboxylic acids is 2. The molecule has 0 aromatic heterocycles. The van der Waals surface area contributed by atoms with Gasteiger partial charge in [0.05, 0.1) is 51.3 Å². The Bertz CT molecular complexity index is 2230. The van der Waals surface area contributed by atoms with Gasteiger partial charge in [-0.05, 0) is 26.2 Å². The fraction of sp³-hybridized carbons (Fsp3) is 0.946. The van der Waals surface area contributed by atoms with Crippen molar-refractivity contribution in [3.63, 3.8) is 0 Å². The largest absolute Gasteiger partial charge is 0.394 e. The number of amides is 2. The van der Waals surface area contributed by atoms with Gasteiger partial charge < -0.3 is 135 Å². The number of aliphatic hydroxyl groups is 15. The molecule has 2 amide bonds. The van der Waals surface area contributed by atoms with Crippen molar-refractivity contribution in [1.29, 1.82) is 0 Å². The van der Waals surface area contributed by atoms with Crippen LogP contribution in [-0.2, 0) is 57.0 Å². The molecule has 0 radical (unpaired) electrons. The second-order valence-electron chi connectivity index (χ2n) is 29.2. The first-order valence-corrected chi connectivity index (χ1v) is 39.3. The predicted molar refractivity (Wildman–Crippen MR) is 376 cm³/mol. The minimum atomic E-state index is -2.18. The molecule has 5 rings (SSSR count). The summed E-state index contributed by atoms with van der Waals surface area (Å²) in [4.78, 5) is 26.7. The average molecular weight is 1490 g/mol. The van der Waals surface area contributed by atoms with E-state index in [1.165, 1.54) is 155 Å². The van der Waals surface area contributed by atoms with Gasteiger partial charge in [0.2, 0.25) is 11.8 Å². The van der Waals surface area contributed by atoms with Gasteiger partial charge in [0.1, 0.15) is 116 Å². The van der Waals surface area contributed by atoms with Crippen LogP contribution in [0.5, 0.6) is 0 Å². The number of carbonyl (C=O) groups is 2. The van der Waals surface area contributed by atoms with E-state index in [0.29, 0.717) is 12.8 Å². The third kappa shape index (κ3) is 30.5. The molecule has 0 aliphatic carbocycles. The summed E-state index contributed by atoms with van der Waals surface area (Å²) in [5.74, 6) is -1.17. The molecule has 17 N–H and O–H groups in total. The van der Waals surface area contributed by atoms with Crippen LogP contribution in [0.25, 0.3) is 0 Å². The monoisotopic (exact) mass is 1480 g/mol. The molecule has 5 aliphatic rings. The maximum absolute atomic E-state index is 13.6. The summed E-state index contributed by atoms with van der Waals surface area (Å²) in [7, 11) is 0. The smallest absolute Gasteiger partial charge is 0.220 e. The molecule has 29 nitrogen and oxygen atoms in total. The fourth-order valence-electron chi connectivity index (χ4n) is 14.2. The molecule has 5 saturated heterocycles. The summed E-state index contributed by atoms with van der Waals surface area (Å²) < 4.78 is 59.8. The van der Waals surface area contributed by atoms with E-state index < -0.39 is 205 Å². The van der Waals surface area contributed by atoms with E-state index in [0.717, 1.165) is 58.3 Å². The summed E-state index contributed by atoms with van der Waals surface area (Å²) >= 11 is 0. The Morgan fingerprint density at radius 1 is 0.398 bits per heavy atom. The van der Waals surface area contributed by atoms with Crippen molar-refractivity contribution in [3.05, 3.63) is 12.2 Å². The molecule has 5 fully saturated rings. The molecule has 5 heterocycles. The van der Waals surface area contributed by atoms with Crippen molar-refractivity contribution in [2.75, 3.05) is 33.0 Å². The molecule has 604 valence electrons. The highest BCUT2D eigenvalue weighted by Gasteiger charge is 2.58. The Balaban J connectivity index is 1.21. The lowest BCUT2D eigenvalue weighted by Gasteiger charge is -2.51. The molecule has 10 unspecified atom stereocenters. The number of allylic oxidation sites excluding steroid dienone is 1. The lowest BCUT2D eigenvalue weighted by molar-refractivity contribution is -0.392. The van der Waals surface area contributed by atoms with Crippen LogP contribution >= 0.6 is 0 Å². The van der Waals surface area contributed by atoms with E-state index in [2.05, 4.69) is 24.5 Å². The third-order valence-corrected chi connectivity index (χ3v) is 20.7. The zero-order valence-electron chi connectivity index (χ0n) is 61.9. The highest BCUT2D eigenvalue weighted by Crippen LogP contribution is 2.38. The molecule has 0 aromatic carbocycles.